The Morgan fingerprint density at radius 1 is 1.18 bits per heavy atom. The van der Waals surface area contributed by atoms with Gasteiger partial charge >= 0.3 is 0 Å². The van der Waals surface area contributed by atoms with Gasteiger partial charge in [-0.15, -0.1) is 11.3 Å². The zero-order chi connectivity index (χ0) is 24.5. The summed E-state index contributed by atoms with van der Waals surface area (Å²) in [6.45, 7) is 1.84. The quantitative estimate of drug-likeness (QED) is 0.416. The van der Waals surface area contributed by atoms with Crippen molar-refractivity contribution in [2.45, 2.75) is 23.5 Å². The van der Waals surface area contributed by atoms with E-state index in [-0.39, 0.29) is 34.9 Å². The van der Waals surface area contributed by atoms with E-state index in [1.54, 1.807) is 17.0 Å². The molecule has 0 radical (unpaired) electrons. The predicted molar refractivity (Wildman–Crippen MR) is 136 cm³/mol. The third kappa shape index (κ3) is 5.60. The van der Waals surface area contributed by atoms with Crippen molar-refractivity contribution < 1.29 is 17.6 Å². The van der Waals surface area contributed by atoms with Crippen LogP contribution < -0.4 is 4.90 Å². The minimum atomic E-state index is -3.62. The smallest absolute Gasteiger partial charge is 0.252 e. The van der Waals surface area contributed by atoms with E-state index in [1.165, 1.54) is 33.8 Å². The standard InChI is InChI=1S/C22H26ClFN4O3S3/c1-26(2)10-3-11-28(22-25-17-5-4-16(24)14-18(17)32-22)21(29)15-8-12-27(13-9-15)34(30,31)20-7-6-19(23)33-20/h4-7,14-15H,3,8-13H2,1-2H3. The van der Waals surface area contributed by atoms with Crippen molar-refractivity contribution in [3.05, 3.63) is 40.5 Å². The zero-order valence-electron chi connectivity index (χ0n) is 18.9. The largest absolute Gasteiger partial charge is 0.309 e. The van der Waals surface area contributed by atoms with Crippen molar-refractivity contribution in [1.82, 2.24) is 14.2 Å². The number of amides is 1. The number of rotatable bonds is 8. The molecule has 1 saturated heterocycles. The number of carbonyl (C=O) groups excluding carboxylic acids is 1. The molecule has 0 aliphatic carbocycles. The number of hydrogen-bond acceptors (Lipinski definition) is 7. The van der Waals surface area contributed by atoms with Crippen molar-refractivity contribution in [1.29, 1.82) is 0 Å². The molecule has 0 bridgehead atoms. The van der Waals surface area contributed by atoms with E-state index >= 15 is 0 Å². The number of thiophene rings is 1. The van der Waals surface area contributed by atoms with Crippen LogP contribution in [0.25, 0.3) is 10.2 Å². The van der Waals surface area contributed by atoms with Crippen LogP contribution in [-0.4, -0.2) is 68.8 Å². The van der Waals surface area contributed by atoms with Crippen molar-refractivity contribution in [3.8, 4) is 0 Å². The van der Waals surface area contributed by atoms with Gasteiger partial charge in [0, 0.05) is 25.6 Å². The van der Waals surface area contributed by atoms with E-state index in [0.29, 0.717) is 39.1 Å². The third-order valence-corrected chi connectivity index (χ3v) is 10.4. The molecule has 3 heterocycles. The lowest BCUT2D eigenvalue weighted by atomic mass is 9.96. The van der Waals surface area contributed by atoms with Crippen molar-refractivity contribution >= 4 is 65.6 Å². The van der Waals surface area contributed by atoms with E-state index in [0.717, 1.165) is 24.3 Å². The number of fused-ring (bicyclic) bond motifs is 1. The Labute approximate surface area is 211 Å². The highest BCUT2D eigenvalue weighted by atomic mass is 35.5. The number of nitrogens with zero attached hydrogens (tertiary/aromatic N) is 4. The van der Waals surface area contributed by atoms with E-state index in [4.69, 9.17) is 11.6 Å². The third-order valence-electron chi connectivity index (χ3n) is 5.77. The Bertz CT molecular complexity index is 1270. The molecule has 3 aromatic rings. The van der Waals surface area contributed by atoms with Gasteiger partial charge in [0.05, 0.1) is 14.6 Å². The Morgan fingerprint density at radius 3 is 2.56 bits per heavy atom. The van der Waals surface area contributed by atoms with Gasteiger partial charge in [-0.3, -0.25) is 9.69 Å². The second kappa shape index (κ2) is 10.5. The summed E-state index contributed by atoms with van der Waals surface area (Å²) >= 11 is 8.25. The molecule has 1 aliphatic heterocycles. The maximum atomic E-state index is 13.7. The summed E-state index contributed by atoms with van der Waals surface area (Å²) in [5, 5.41) is 0.549. The molecule has 1 amide bonds. The summed E-state index contributed by atoms with van der Waals surface area (Å²) in [6, 6.07) is 7.50. The topological polar surface area (TPSA) is 73.8 Å². The molecule has 0 unspecified atom stereocenters. The van der Waals surface area contributed by atoms with Crippen LogP contribution in [0.3, 0.4) is 0 Å². The number of halogens is 2. The number of anilines is 1. The SMILES string of the molecule is CN(C)CCCN(C(=O)C1CCN(S(=O)(=O)c2ccc(Cl)s2)CC1)c1nc2ccc(F)cc2s1. The molecule has 1 aromatic carbocycles. The maximum Gasteiger partial charge on any atom is 0.252 e. The minimum Gasteiger partial charge on any atom is -0.309 e. The first kappa shape index (κ1) is 25.5. The van der Waals surface area contributed by atoms with Crippen LogP contribution >= 0.6 is 34.3 Å². The van der Waals surface area contributed by atoms with Crippen LogP contribution in [0.1, 0.15) is 19.3 Å². The molecule has 34 heavy (non-hydrogen) atoms. The summed E-state index contributed by atoms with van der Waals surface area (Å²) in [7, 11) is 0.335. The predicted octanol–water partition coefficient (Wildman–Crippen LogP) is 4.54. The Hall–Kier alpha value is -1.63. The summed E-state index contributed by atoms with van der Waals surface area (Å²) in [5.41, 5.74) is 0.655. The van der Waals surface area contributed by atoms with Gasteiger partial charge < -0.3 is 4.90 Å². The van der Waals surface area contributed by atoms with Crippen LogP contribution in [0.4, 0.5) is 9.52 Å². The lowest BCUT2D eigenvalue weighted by Gasteiger charge is -2.32. The first-order valence-electron chi connectivity index (χ1n) is 10.9. The average Bonchev–Trinajstić information content (AvgIpc) is 3.42. The van der Waals surface area contributed by atoms with Crippen molar-refractivity contribution in [2.75, 3.05) is 45.2 Å². The molecule has 2 aromatic heterocycles. The molecule has 0 spiro atoms. The van der Waals surface area contributed by atoms with E-state index in [1.807, 2.05) is 14.1 Å². The van der Waals surface area contributed by atoms with Gasteiger partial charge in [0.15, 0.2) is 5.13 Å². The lowest BCUT2D eigenvalue weighted by molar-refractivity contribution is -0.123. The monoisotopic (exact) mass is 544 g/mol. The van der Waals surface area contributed by atoms with E-state index < -0.39 is 10.0 Å². The molecule has 1 fully saturated rings. The number of hydrogen-bond donors (Lipinski definition) is 0. The fraction of sp³-hybridized carbons (Fsp3) is 0.455. The van der Waals surface area contributed by atoms with Crippen LogP contribution in [0.5, 0.6) is 0 Å². The molecule has 184 valence electrons. The molecular weight excluding hydrogens is 519 g/mol. The van der Waals surface area contributed by atoms with Crippen molar-refractivity contribution in [3.63, 3.8) is 0 Å². The molecule has 4 rings (SSSR count). The molecule has 0 N–H and O–H groups in total. The summed E-state index contributed by atoms with van der Waals surface area (Å²) in [4.78, 5) is 21.9. The normalized spacial score (nSPS) is 15.9. The Kier molecular flexibility index (Phi) is 7.90. The Balaban J connectivity index is 1.50. The fourth-order valence-corrected chi connectivity index (χ4v) is 8.10. The Morgan fingerprint density at radius 2 is 1.91 bits per heavy atom. The molecular formula is C22H26ClFN4O3S3. The van der Waals surface area contributed by atoms with Crippen LogP contribution in [0.15, 0.2) is 34.5 Å². The number of piperidine rings is 1. The molecule has 0 saturated carbocycles. The van der Waals surface area contributed by atoms with Crippen LogP contribution in [-0.2, 0) is 14.8 Å². The molecule has 7 nitrogen and oxygen atoms in total. The molecule has 1 aliphatic rings. The fourth-order valence-electron chi connectivity index (χ4n) is 3.97. The highest BCUT2D eigenvalue weighted by molar-refractivity contribution is 7.91. The van der Waals surface area contributed by atoms with Gasteiger partial charge in [-0.05, 0) is 70.2 Å². The van der Waals surface area contributed by atoms with Gasteiger partial charge in [-0.25, -0.2) is 17.8 Å². The highest BCUT2D eigenvalue weighted by Crippen LogP contribution is 2.34. The number of sulfonamides is 1. The van der Waals surface area contributed by atoms with Crippen molar-refractivity contribution in [2.24, 2.45) is 5.92 Å². The van der Waals surface area contributed by atoms with Gasteiger partial charge in [0.2, 0.25) is 5.91 Å². The second-order valence-electron chi connectivity index (χ2n) is 8.49. The van der Waals surface area contributed by atoms with Crippen LogP contribution in [0.2, 0.25) is 4.34 Å². The first-order valence-corrected chi connectivity index (χ1v) is 14.4. The van der Waals surface area contributed by atoms with E-state index in [9.17, 15) is 17.6 Å². The highest BCUT2D eigenvalue weighted by Gasteiger charge is 2.35. The number of thiazole rings is 1. The molecule has 0 atom stereocenters. The average molecular weight is 545 g/mol. The molecule has 12 heteroatoms. The second-order valence-corrected chi connectivity index (χ2v) is 13.4. The van der Waals surface area contributed by atoms with E-state index in [2.05, 4.69) is 9.88 Å². The summed E-state index contributed by atoms with van der Waals surface area (Å²) < 4.78 is 42.2. The minimum absolute atomic E-state index is 0.0606. The van der Waals surface area contributed by atoms with Gasteiger partial charge in [0.1, 0.15) is 10.0 Å². The first-order chi connectivity index (χ1) is 16.1. The maximum absolute atomic E-state index is 13.7. The van der Waals surface area contributed by atoms with Gasteiger partial charge in [0.25, 0.3) is 10.0 Å². The van der Waals surface area contributed by atoms with Gasteiger partial charge in [-0.1, -0.05) is 22.9 Å². The summed E-state index contributed by atoms with van der Waals surface area (Å²) in [5.74, 6) is -0.704. The number of carbonyl (C=O) groups is 1. The zero-order valence-corrected chi connectivity index (χ0v) is 22.1. The summed E-state index contributed by atoms with van der Waals surface area (Å²) in [6.07, 6.45) is 1.62. The number of benzene rings is 1. The van der Waals surface area contributed by atoms with Crippen LogP contribution in [0, 0.1) is 11.7 Å². The lowest BCUT2D eigenvalue weighted by Crippen LogP contribution is -2.45. The van der Waals surface area contributed by atoms with Gasteiger partial charge in [-0.2, -0.15) is 4.31 Å². The number of aromatic nitrogens is 1.